The van der Waals surface area contributed by atoms with Crippen molar-refractivity contribution < 1.29 is 4.74 Å². The smallest absolute Gasteiger partial charge is 0.231 e. The lowest BCUT2D eigenvalue weighted by molar-refractivity contribution is 0.467. The number of benzene rings is 1. The summed E-state index contributed by atoms with van der Waals surface area (Å²) in [5, 5.41) is 1.11. The summed E-state index contributed by atoms with van der Waals surface area (Å²) in [7, 11) is 0. The van der Waals surface area contributed by atoms with E-state index in [-0.39, 0.29) is 0 Å². The summed E-state index contributed by atoms with van der Waals surface area (Å²) in [6.45, 7) is 0. The minimum Gasteiger partial charge on any atom is -0.438 e. The van der Waals surface area contributed by atoms with Crippen LogP contribution in [0.3, 0.4) is 0 Å². The van der Waals surface area contributed by atoms with E-state index in [9.17, 15) is 0 Å². The van der Waals surface area contributed by atoms with Gasteiger partial charge in [0.1, 0.15) is 16.9 Å². The summed E-state index contributed by atoms with van der Waals surface area (Å²) < 4.78 is 7.04. The van der Waals surface area contributed by atoms with Crippen molar-refractivity contribution in [3.63, 3.8) is 0 Å². The normalized spacial score (nSPS) is 14.1. The molecular formula is C16H13BrN2OS. The lowest BCUT2D eigenvalue weighted by atomic mass is 9.97. The van der Waals surface area contributed by atoms with Crippen LogP contribution >= 0.6 is 27.3 Å². The summed E-state index contributed by atoms with van der Waals surface area (Å²) in [5.74, 6) is 1.48. The average molecular weight is 361 g/mol. The van der Waals surface area contributed by atoms with Crippen LogP contribution in [0.2, 0.25) is 0 Å². The van der Waals surface area contributed by atoms with Crippen molar-refractivity contribution in [3.8, 4) is 11.6 Å². The molecule has 1 aliphatic rings. The average Bonchev–Trinajstić information content (AvgIpc) is 2.89. The number of aryl methyl sites for hydroxylation is 2. The minimum atomic E-state index is 0.682. The summed E-state index contributed by atoms with van der Waals surface area (Å²) >= 11 is 5.22. The van der Waals surface area contributed by atoms with Gasteiger partial charge in [-0.05, 0) is 55.5 Å². The van der Waals surface area contributed by atoms with Gasteiger partial charge in [-0.1, -0.05) is 15.9 Å². The van der Waals surface area contributed by atoms with Gasteiger partial charge in [-0.3, -0.25) is 0 Å². The Kier molecular flexibility index (Phi) is 3.39. The quantitative estimate of drug-likeness (QED) is 0.635. The number of ether oxygens (including phenoxy) is 1. The van der Waals surface area contributed by atoms with Crippen LogP contribution in [0.5, 0.6) is 11.6 Å². The Labute approximate surface area is 135 Å². The van der Waals surface area contributed by atoms with Crippen molar-refractivity contribution in [1.29, 1.82) is 0 Å². The van der Waals surface area contributed by atoms with Crippen molar-refractivity contribution in [1.82, 2.24) is 9.97 Å². The van der Waals surface area contributed by atoms with E-state index >= 15 is 0 Å². The summed E-state index contributed by atoms with van der Waals surface area (Å²) in [6.07, 6.45) is 6.38. The van der Waals surface area contributed by atoms with Gasteiger partial charge in [0.15, 0.2) is 0 Å². The lowest BCUT2D eigenvalue weighted by Gasteiger charge is -2.11. The Bertz CT molecular complexity index is 798. The van der Waals surface area contributed by atoms with Crippen LogP contribution in [0.1, 0.15) is 23.3 Å². The third-order valence-electron chi connectivity index (χ3n) is 3.74. The van der Waals surface area contributed by atoms with Crippen LogP contribution in [-0.2, 0) is 12.8 Å². The van der Waals surface area contributed by atoms with Crippen molar-refractivity contribution >= 4 is 37.5 Å². The van der Waals surface area contributed by atoms with Gasteiger partial charge >= 0.3 is 0 Å². The molecule has 0 aliphatic heterocycles. The number of nitrogens with zero attached hydrogens (tertiary/aromatic N) is 2. The topological polar surface area (TPSA) is 35.0 Å². The van der Waals surface area contributed by atoms with Gasteiger partial charge in [0, 0.05) is 9.35 Å². The highest BCUT2D eigenvalue weighted by molar-refractivity contribution is 9.10. The van der Waals surface area contributed by atoms with Gasteiger partial charge in [-0.2, -0.15) is 0 Å². The number of rotatable bonds is 2. The van der Waals surface area contributed by atoms with Gasteiger partial charge in [-0.25, -0.2) is 9.97 Å². The number of aromatic nitrogens is 2. The molecule has 1 aromatic carbocycles. The van der Waals surface area contributed by atoms with E-state index in [1.165, 1.54) is 23.3 Å². The zero-order valence-corrected chi connectivity index (χ0v) is 13.7. The molecular weight excluding hydrogens is 348 g/mol. The summed E-state index contributed by atoms with van der Waals surface area (Å²) in [5.41, 5.74) is 1.40. The first-order chi connectivity index (χ1) is 10.3. The summed E-state index contributed by atoms with van der Waals surface area (Å²) in [6, 6.07) is 7.82. The molecule has 0 spiro atoms. The van der Waals surface area contributed by atoms with Gasteiger partial charge in [0.2, 0.25) is 5.88 Å². The molecule has 0 bridgehead atoms. The van der Waals surface area contributed by atoms with Crippen LogP contribution in [0, 0.1) is 0 Å². The molecule has 0 radical (unpaired) electrons. The van der Waals surface area contributed by atoms with Crippen LogP contribution < -0.4 is 4.74 Å². The number of fused-ring (bicyclic) bond motifs is 3. The number of hydrogen-bond donors (Lipinski definition) is 0. The second-order valence-corrected chi connectivity index (χ2v) is 7.13. The third kappa shape index (κ3) is 2.45. The molecule has 0 unspecified atom stereocenters. The van der Waals surface area contributed by atoms with Crippen molar-refractivity contribution in [2.45, 2.75) is 25.7 Å². The van der Waals surface area contributed by atoms with Crippen LogP contribution in [-0.4, -0.2) is 9.97 Å². The predicted molar refractivity (Wildman–Crippen MR) is 88.3 cm³/mol. The number of hydrogen-bond acceptors (Lipinski definition) is 4. The van der Waals surface area contributed by atoms with Gasteiger partial charge in [0.05, 0.1) is 5.39 Å². The number of thiophene rings is 1. The van der Waals surface area contributed by atoms with Crippen molar-refractivity contribution in [2.24, 2.45) is 0 Å². The monoisotopic (exact) mass is 360 g/mol. The lowest BCUT2D eigenvalue weighted by Crippen LogP contribution is -1.99. The van der Waals surface area contributed by atoms with Gasteiger partial charge in [-0.15, -0.1) is 11.3 Å². The van der Waals surface area contributed by atoms with Gasteiger partial charge in [0.25, 0.3) is 0 Å². The first kappa shape index (κ1) is 13.2. The molecule has 1 aliphatic carbocycles. The highest BCUT2D eigenvalue weighted by Gasteiger charge is 2.20. The molecule has 0 fully saturated rings. The fraction of sp³-hybridized carbons (Fsp3) is 0.250. The fourth-order valence-electron chi connectivity index (χ4n) is 2.75. The standard InChI is InChI=1S/C16H13BrN2OS/c17-10-5-7-11(8-6-10)20-15-14-12-3-1-2-4-13(12)21-16(14)19-9-18-15/h5-9H,1-4H2. The Balaban J connectivity index is 1.81. The Morgan fingerprint density at radius 3 is 2.71 bits per heavy atom. The maximum Gasteiger partial charge on any atom is 0.231 e. The Morgan fingerprint density at radius 1 is 1.05 bits per heavy atom. The second-order valence-electron chi connectivity index (χ2n) is 5.13. The maximum atomic E-state index is 6.01. The first-order valence-corrected chi connectivity index (χ1v) is 8.61. The van der Waals surface area contributed by atoms with E-state index in [0.717, 1.165) is 33.3 Å². The SMILES string of the molecule is Brc1ccc(Oc2ncnc3sc4c(c23)CCCC4)cc1. The molecule has 0 saturated heterocycles. The van der Waals surface area contributed by atoms with Crippen molar-refractivity contribution in [3.05, 3.63) is 45.5 Å². The molecule has 21 heavy (non-hydrogen) atoms. The number of halogens is 1. The molecule has 5 heteroatoms. The molecule has 3 aromatic rings. The third-order valence-corrected chi connectivity index (χ3v) is 5.47. The molecule has 4 rings (SSSR count). The minimum absolute atomic E-state index is 0.682. The highest BCUT2D eigenvalue weighted by Crippen LogP contribution is 2.40. The highest BCUT2D eigenvalue weighted by atomic mass is 79.9. The zero-order chi connectivity index (χ0) is 14.2. The zero-order valence-electron chi connectivity index (χ0n) is 11.3. The molecule has 0 atom stereocenters. The van der Waals surface area contributed by atoms with E-state index in [4.69, 9.17) is 4.74 Å². The largest absolute Gasteiger partial charge is 0.438 e. The fourth-order valence-corrected chi connectivity index (χ4v) is 4.24. The van der Waals surface area contributed by atoms with Crippen molar-refractivity contribution in [2.75, 3.05) is 0 Å². The van der Waals surface area contributed by atoms with E-state index in [2.05, 4.69) is 25.9 Å². The molecule has 2 heterocycles. The Hall–Kier alpha value is -1.46. The van der Waals surface area contributed by atoms with E-state index in [1.807, 2.05) is 24.3 Å². The Morgan fingerprint density at radius 2 is 1.86 bits per heavy atom. The molecule has 3 nitrogen and oxygen atoms in total. The van der Waals surface area contributed by atoms with E-state index in [1.54, 1.807) is 17.7 Å². The van der Waals surface area contributed by atoms with Crippen LogP contribution in [0.15, 0.2) is 35.1 Å². The maximum absolute atomic E-state index is 6.01. The van der Waals surface area contributed by atoms with Gasteiger partial charge < -0.3 is 4.74 Å². The predicted octanol–water partition coefficient (Wildman–Crippen LogP) is 5.12. The van der Waals surface area contributed by atoms with E-state index in [0.29, 0.717) is 5.88 Å². The summed E-state index contributed by atoms with van der Waals surface area (Å²) in [4.78, 5) is 11.3. The van der Waals surface area contributed by atoms with Crippen LogP contribution in [0.4, 0.5) is 0 Å². The van der Waals surface area contributed by atoms with Crippen LogP contribution in [0.25, 0.3) is 10.2 Å². The molecule has 2 aromatic heterocycles. The first-order valence-electron chi connectivity index (χ1n) is 7.00. The molecule has 0 saturated carbocycles. The molecule has 106 valence electrons. The van der Waals surface area contributed by atoms with E-state index < -0.39 is 0 Å². The molecule has 0 N–H and O–H groups in total. The molecule has 0 amide bonds. The second kappa shape index (κ2) is 5.39.